The van der Waals surface area contributed by atoms with E-state index in [9.17, 15) is 34.5 Å². The Kier molecular flexibility index (Phi) is 18.7. The molecule has 10 rings (SSSR count). The first kappa shape index (κ1) is 53.6. The van der Waals surface area contributed by atoms with Gasteiger partial charge in [0.05, 0.1) is 11.4 Å². The fourth-order valence-corrected chi connectivity index (χ4v) is 8.02. The summed E-state index contributed by atoms with van der Waals surface area (Å²) in [5, 5.41) is 0. The molecule has 0 aliphatic rings. The van der Waals surface area contributed by atoms with Crippen LogP contribution in [0.3, 0.4) is 0 Å². The third-order valence-corrected chi connectivity index (χ3v) is 10.9. The maximum absolute atomic E-state index is 9.75. The van der Waals surface area contributed by atoms with Gasteiger partial charge in [0.25, 0.3) is 0 Å². The second-order valence-electron chi connectivity index (χ2n) is 15.7. The zero-order chi connectivity index (χ0) is 51.8. The van der Waals surface area contributed by atoms with Gasteiger partial charge in [-0.05, 0) is 70.8 Å². The molecule has 10 aromatic rings. The first-order valence-electron chi connectivity index (χ1n) is 22.2. The number of halogens is 10. The van der Waals surface area contributed by atoms with Crippen LogP contribution in [0.1, 0.15) is 0 Å². The summed E-state index contributed by atoms with van der Waals surface area (Å²) in [5.74, 6) is 0. The van der Waals surface area contributed by atoms with Gasteiger partial charge in [0.1, 0.15) is 0 Å². The molecule has 0 aliphatic carbocycles. The van der Waals surface area contributed by atoms with Crippen molar-refractivity contribution in [1.82, 2.24) is 9.97 Å². The van der Waals surface area contributed by atoms with Crippen molar-refractivity contribution in [2.75, 3.05) is 0 Å². The van der Waals surface area contributed by atoms with E-state index in [1.54, 1.807) is 0 Å². The number of benzene rings is 6. The Morgan fingerprint density at radius 2 is 0.507 bits per heavy atom. The third-order valence-electron chi connectivity index (χ3n) is 10.9. The van der Waals surface area contributed by atoms with Gasteiger partial charge in [-0.15, -0.1) is 0 Å². The van der Waals surface area contributed by atoms with Crippen molar-refractivity contribution in [3.05, 3.63) is 243 Å². The van der Waals surface area contributed by atoms with Crippen LogP contribution in [-0.4, -0.2) is 24.5 Å². The summed E-state index contributed by atoms with van der Waals surface area (Å²) in [6.07, 6.45) is 3.79. The molecule has 73 heavy (non-hydrogen) atoms. The second kappa shape index (κ2) is 25.4. The predicted octanol–water partition coefficient (Wildman–Crippen LogP) is 16.7. The zero-order valence-electron chi connectivity index (χ0n) is 38.1. The van der Waals surface area contributed by atoms with Crippen molar-refractivity contribution < 1.29 is 60.1 Å². The smallest absolute Gasteiger partial charge is 0.219 e. The fraction of sp³-hybridized carbons (Fsp3) is 0. The van der Waals surface area contributed by atoms with Gasteiger partial charge in [-0.3, -0.25) is 9.97 Å². The van der Waals surface area contributed by atoms with Crippen molar-refractivity contribution in [3.8, 4) is 90.0 Å². The van der Waals surface area contributed by atoms with E-state index in [0.717, 1.165) is 90.0 Å². The Hall–Kier alpha value is -7.24. The number of pyridine rings is 4. The molecule has 17 heteroatoms. The van der Waals surface area contributed by atoms with Crippen LogP contribution in [0.5, 0.6) is 0 Å². The molecule has 0 saturated heterocycles. The molecule has 370 valence electrons. The largest absolute Gasteiger partial charge is 0.254 e. The maximum atomic E-state index is 9.75. The van der Waals surface area contributed by atoms with E-state index in [-0.39, 0.29) is 0 Å². The predicted molar refractivity (Wildman–Crippen MR) is 275 cm³/mol. The van der Waals surface area contributed by atoms with Crippen molar-refractivity contribution in [1.29, 1.82) is 0 Å². The summed E-state index contributed by atoms with van der Waals surface area (Å²) in [7, 11) is -2.25. The van der Waals surface area contributed by atoms with Crippen LogP contribution < -0.4 is 9.13 Å². The number of rotatable bonds is 9. The van der Waals surface area contributed by atoms with E-state index in [4.69, 9.17) is 28.8 Å². The number of nitrogens with zero attached hydrogens (tertiary/aromatic N) is 4. The standard InChI is InChI=1S/C56H40N4.2BF4.2ClH.Pt/c1-7-19-41(20-8-1)47-35-53(43-23-11-3-12-24-43)59(54(36-47)44-25-13-4-14-26-44)49-31-33-57-51(39-49)52-40-50(32-34-58-52)60-55(45-27-15-5-16-28-45)37-48(42-21-9-2-10-22-42)38-56(60)46-29-17-6-18-30-46;2*2-1(3,4)5;;;/h1-40H;;;2*1H;/q+2;2*-1;;;+2/p-2. The Bertz CT molecular complexity index is 2980. The minimum Gasteiger partial charge on any atom is -0.254 e. The minimum atomic E-state index is -6.00. The Balaban J connectivity index is 0.000000539. The van der Waals surface area contributed by atoms with Gasteiger partial charge in [-0.25, -0.2) is 0 Å². The van der Waals surface area contributed by atoms with E-state index < -0.39 is 31.0 Å². The molecular weight excluding hydrogens is 1170 g/mol. The average Bonchev–Trinajstić information content (AvgIpc) is 3.41. The van der Waals surface area contributed by atoms with Crippen molar-refractivity contribution in [2.45, 2.75) is 0 Å². The van der Waals surface area contributed by atoms with Gasteiger partial charge in [-0.2, -0.15) is 9.13 Å². The van der Waals surface area contributed by atoms with Gasteiger partial charge < -0.3 is 34.5 Å². The first-order chi connectivity index (χ1) is 35.2. The second-order valence-corrected chi connectivity index (χ2v) is 19.0. The van der Waals surface area contributed by atoms with Crippen LogP contribution in [-0.2, 0) is 16.5 Å². The first-order valence-corrected chi connectivity index (χ1v) is 27.8. The molecule has 0 saturated carbocycles. The van der Waals surface area contributed by atoms with E-state index in [1.807, 2.05) is 12.4 Å². The summed E-state index contributed by atoms with van der Waals surface area (Å²) in [6.45, 7) is 0. The normalized spacial score (nSPS) is 11.0. The molecule has 4 nitrogen and oxygen atoms in total. The van der Waals surface area contributed by atoms with Crippen LogP contribution in [0.15, 0.2) is 243 Å². The van der Waals surface area contributed by atoms with Crippen LogP contribution in [0, 0.1) is 0 Å². The summed E-state index contributed by atoms with van der Waals surface area (Å²) < 4.78 is 82.7. The number of hydrogen-bond acceptors (Lipinski definition) is 2. The molecule has 0 fully saturated rings. The van der Waals surface area contributed by atoms with Crippen molar-refractivity contribution in [3.63, 3.8) is 0 Å². The number of aromatic nitrogens is 4. The molecule has 0 radical (unpaired) electrons. The summed E-state index contributed by atoms with van der Waals surface area (Å²) >= 11 is -0.472. The summed E-state index contributed by atoms with van der Waals surface area (Å²) in [4.78, 5) is 9.94. The third kappa shape index (κ3) is 15.4. The quantitative estimate of drug-likeness (QED) is 0.0820. The van der Waals surface area contributed by atoms with Crippen LogP contribution in [0.25, 0.3) is 90.0 Å². The molecule has 0 aliphatic heterocycles. The molecule has 0 unspecified atom stereocenters. The maximum Gasteiger partial charge on any atom is 0.219 e. The van der Waals surface area contributed by atoms with Gasteiger partial charge in [-0.1, -0.05) is 133 Å². The van der Waals surface area contributed by atoms with E-state index in [2.05, 4.69) is 240 Å². The average molecular weight is 1210 g/mol. The Morgan fingerprint density at radius 3 is 0.726 bits per heavy atom. The van der Waals surface area contributed by atoms with Crippen LogP contribution >= 0.6 is 18.8 Å². The molecular formula is C56H40B2Cl2F8N4Pt. The van der Waals surface area contributed by atoms with Gasteiger partial charge in [0, 0.05) is 83.2 Å². The molecule has 0 atom stereocenters. The van der Waals surface area contributed by atoms with Gasteiger partial charge in [0.2, 0.25) is 34.2 Å². The summed E-state index contributed by atoms with van der Waals surface area (Å²) in [6, 6.07) is 81.4. The number of hydrogen-bond donors (Lipinski definition) is 0. The minimum absolute atomic E-state index is 0.472. The van der Waals surface area contributed by atoms with Gasteiger partial charge >= 0.3 is 49.8 Å². The molecule has 0 spiro atoms. The summed E-state index contributed by atoms with van der Waals surface area (Å²) in [5.41, 5.74) is 16.9. The Labute approximate surface area is 433 Å². The zero-order valence-corrected chi connectivity index (χ0v) is 41.9. The fourth-order valence-electron chi connectivity index (χ4n) is 8.02. The molecule has 6 aromatic carbocycles. The monoisotopic (exact) mass is 1210 g/mol. The van der Waals surface area contributed by atoms with E-state index in [0.29, 0.717) is 0 Å². The SMILES string of the molecule is F[B-](F)(F)F.F[B-](F)(F)F.[Cl][Pt][Cl].c1ccc(-c2cc(-c3ccccc3)[n+](-c3ccnc(-c4cc(-[n+]5c(-c6ccccc6)cc(-c6ccccc6)cc5-c5ccccc5)ccn4)c3)c(-c3ccccc3)c2)cc1. The molecule has 0 bridgehead atoms. The Morgan fingerprint density at radius 1 is 0.301 bits per heavy atom. The van der Waals surface area contributed by atoms with E-state index in [1.165, 1.54) is 0 Å². The van der Waals surface area contributed by atoms with Gasteiger partial charge in [0.15, 0.2) is 0 Å². The molecule has 4 heterocycles. The molecule has 0 amide bonds. The van der Waals surface area contributed by atoms with Crippen molar-refractivity contribution in [2.24, 2.45) is 0 Å². The van der Waals surface area contributed by atoms with Crippen molar-refractivity contribution >= 4 is 33.3 Å². The molecule has 0 N–H and O–H groups in total. The molecule has 4 aromatic heterocycles. The van der Waals surface area contributed by atoms with Crippen LogP contribution in [0.4, 0.5) is 34.5 Å². The topological polar surface area (TPSA) is 33.5 Å². The van der Waals surface area contributed by atoms with E-state index >= 15 is 0 Å². The van der Waals surface area contributed by atoms with Crippen LogP contribution in [0.2, 0.25) is 0 Å².